The molecule has 1 rings (SSSR count). The Bertz CT molecular complexity index is 305. The molecule has 0 aliphatic heterocycles. The minimum Gasteiger partial charge on any atom is -0.496 e. The van der Waals surface area contributed by atoms with E-state index in [1.165, 1.54) is 0 Å². The van der Waals surface area contributed by atoms with Gasteiger partial charge in [0.05, 0.1) is 12.8 Å². The molecule has 62 valence electrons. The van der Waals surface area contributed by atoms with Crippen LogP contribution in [0.3, 0.4) is 0 Å². The molecule has 0 spiro atoms. The molecule has 0 saturated carbocycles. The molecule has 0 aromatic carbocycles. The normalized spacial score (nSPS) is 9.08. The van der Waals surface area contributed by atoms with Gasteiger partial charge in [-0.15, -0.1) is 0 Å². The van der Waals surface area contributed by atoms with Gasteiger partial charge in [-0.25, -0.2) is 0 Å². The van der Waals surface area contributed by atoms with Crippen LogP contribution in [0.15, 0.2) is 25.4 Å². The van der Waals surface area contributed by atoms with Gasteiger partial charge in [0.2, 0.25) is 0 Å². The Labute approximate surface area is 72.2 Å². The Kier molecular flexibility index (Phi) is 2.64. The van der Waals surface area contributed by atoms with Gasteiger partial charge in [0.1, 0.15) is 5.75 Å². The second kappa shape index (κ2) is 3.72. The minimum atomic E-state index is 0.773. The molecule has 0 aliphatic rings. The molecule has 0 bridgehead atoms. The summed E-state index contributed by atoms with van der Waals surface area (Å²) < 4.78 is 5.12. The number of rotatable bonds is 3. The first-order valence-corrected chi connectivity index (χ1v) is 3.61. The van der Waals surface area contributed by atoms with Crippen LogP contribution < -0.4 is 4.74 Å². The summed E-state index contributed by atoms with van der Waals surface area (Å²) in [6.07, 6.45) is 5.07. The maximum absolute atomic E-state index is 5.12. The Balaban J connectivity index is 3.31. The zero-order valence-corrected chi connectivity index (χ0v) is 7.08. The first-order valence-electron chi connectivity index (χ1n) is 3.61. The van der Waals surface area contributed by atoms with Crippen molar-refractivity contribution in [2.45, 2.75) is 0 Å². The van der Waals surface area contributed by atoms with Crippen molar-refractivity contribution in [2.24, 2.45) is 0 Å². The van der Waals surface area contributed by atoms with E-state index in [0.717, 1.165) is 17.0 Å². The predicted molar refractivity (Wildman–Crippen MR) is 51.0 cm³/mol. The standard InChI is InChI=1S/C10H11NO/c1-4-8-9(5-2)11-7-6-10(8)12-3/h4-7H,1-2H2,3H3. The molecular weight excluding hydrogens is 150 g/mol. The first-order chi connectivity index (χ1) is 5.83. The minimum absolute atomic E-state index is 0.773. The van der Waals surface area contributed by atoms with E-state index in [0.29, 0.717) is 0 Å². The summed E-state index contributed by atoms with van der Waals surface area (Å²) >= 11 is 0. The summed E-state index contributed by atoms with van der Waals surface area (Å²) in [5.74, 6) is 0.773. The molecule has 0 unspecified atom stereocenters. The van der Waals surface area contributed by atoms with Crippen LogP contribution in [-0.4, -0.2) is 12.1 Å². The molecule has 0 atom stereocenters. The van der Waals surface area contributed by atoms with Gasteiger partial charge in [0.25, 0.3) is 0 Å². The van der Waals surface area contributed by atoms with E-state index < -0.39 is 0 Å². The fourth-order valence-corrected chi connectivity index (χ4v) is 1.02. The Morgan fingerprint density at radius 1 is 1.42 bits per heavy atom. The summed E-state index contributed by atoms with van der Waals surface area (Å²) in [5, 5.41) is 0. The van der Waals surface area contributed by atoms with E-state index in [4.69, 9.17) is 4.74 Å². The van der Waals surface area contributed by atoms with Crippen LogP contribution in [0, 0.1) is 0 Å². The number of nitrogens with zero attached hydrogens (tertiary/aromatic N) is 1. The van der Waals surface area contributed by atoms with Crippen molar-refractivity contribution in [1.82, 2.24) is 4.98 Å². The number of pyridine rings is 1. The summed E-state index contributed by atoms with van der Waals surface area (Å²) in [5.41, 5.74) is 1.68. The van der Waals surface area contributed by atoms with Gasteiger partial charge in [-0.05, 0) is 12.1 Å². The van der Waals surface area contributed by atoms with E-state index in [2.05, 4.69) is 18.1 Å². The highest BCUT2D eigenvalue weighted by Crippen LogP contribution is 2.21. The van der Waals surface area contributed by atoms with E-state index in [1.54, 1.807) is 31.5 Å². The summed E-state index contributed by atoms with van der Waals surface area (Å²) in [4.78, 5) is 4.11. The van der Waals surface area contributed by atoms with Gasteiger partial charge in [-0.2, -0.15) is 0 Å². The highest BCUT2D eigenvalue weighted by molar-refractivity contribution is 5.65. The third-order valence-electron chi connectivity index (χ3n) is 1.60. The number of methoxy groups -OCH3 is 1. The zero-order valence-electron chi connectivity index (χ0n) is 7.08. The van der Waals surface area contributed by atoms with E-state index in [-0.39, 0.29) is 0 Å². The largest absolute Gasteiger partial charge is 0.496 e. The lowest BCUT2D eigenvalue weighted by molar-refractivity contribution is 0.413. The number of hydrogen-bond donors (Lipinski definition) is 0. The van der Waals surface area contributed by atoms with Crippen LogP contribution in [0.5, 0.6) is 5.75 Å². The Morgan fingerprint density at radius 3 is 2.67 bits per heavy atom. The summed E-state index contributed by atoms with van der Waals surface area (Å²) in [6, 6.07) is 1.80. The molecular formula is C10H11NO. The molecule has 1 heterocycles. The van der Waals surface area contributed by atoms with Crippen LogP contribution in [0.1, 0.15) is 11.3 Å². The molecule has 2 heteroatoms. The van der Waals surface area contributed by atoms with Crippen LogP contribution in [0.2, 0.25) is 0 Å². The van der Waals surface area contributed by atoms with Gasteiger partial charge < -0.3 is 4.74 Å². The van der Waals surface area contributed by atoms with Gasteiger partial charge in [0, 0.05) is 11.8 Å². The molecule has 0 fully saturated rings. The lowest BCUT2D eigenvalue weighted by Crippen LogP contribution is -1.91. The van der Waals surface area contributed by atoms with Crippen molar-refractivity contribution >= 4 is 12.2 Å². The first kappa shape index (κ1) is 8.53. The quantitative estimate of drug-likeness (QED) is 0.679. The van der Waals surface area contributed by atoms with Crippen molar-refractivity contribution < 1.29 is 4.74 Å². The molecule has 2 nitrogen and oxygen atoms in total. The smallest absolute Gasteiger partial charge is 0.129 e. The summed E-state index contributed by atoms with van der Waals surface area (Å²) in [6.45, 7) is 7.33. The topological polar surface area (TPSA) is 22.1 Å². The van der Waals surface area contributed by atoms with Gasteiger partial charge in [-0.3, -0.25) is 4.98 Å². The fraction of sp³-hybridized carbons (Fsp3) is 0.100. The molecule has 0 aliphatic carbocycles. The number of hydrogen-bond acceptors (Lipinski definition) is 2. The van der Waals surface area contributed by atoms with Gasteiger partial charge in [0.15, 0.2) is 0 Å². The van der Waals surface area contributed by atoms with Crippen molar-refractivity contribution in [3.05, 3.63) is 36.7 Å². The maximum Gasteiger partial charge on any atom is 0.129 e. The Morgan fingerprint density at radius 2 is 2.17 bits per heavy atom. The molecule has 0 saturated heterocycles. The van der Waals surface area contributed by atoms with E-state index in [1.807, 2.05) is 0 Å². The maximum atomic E-state index is 5.12. The highest BCUT2D eigenvalue weighted by atomic mass is 16.5. The van der Waals surface area contributed by atoms with E-state index >= 15 is 0 Å². The molecule has 0 N–H and O–H groups in total. The molecule has 1 aromatic heterocycles. The second-order valence-electron chi connectivity index (χ2n) is 2.22. The molecule has 0 amide bonds. The van der Waals surface area contributed by atoms with Crippen molar-refractivity contribution in [3.63, 3.8) is 0 Å². The third kappa shape index (κ3) is 1.37. The lowest BCUT2D eigenvalue weighted by Gasteiger charge is -2.05. The van der Waals surface area contributed by atoms with Crippen LogP contribution in [0.4, 0.5) is 0 Å². The number of ether oxygens (including phenoxy) is 1. The Hall–Kier alpha value is -1.57. The average Bonchev–Trinajstić information content (AvgIpc) is 2.16. The third-order valence-corrected chi connectivity index (χ3v) is 1.60. The SMILES string of the molecule is C=Cc1nccc(OC)c1C=C. The predicted octanol–water partition coefficient (Wildman–Crippen LogP) is 2.38. The molecule has 12 heavy (non-hydrogen) atoms. The fourth-order valence-electron chi connectivity index (χ4n) is 1.02. The summed E-state index contributed by atoms with van der Waals surface area (Å²) in [7, 11) is 1.62. The van der Waals surface area contributed by atoms with Crippen molar-refractivity contribution in [2.75, 3.05) is 7.11 Å². The van der Waals surface area contributed by atoms with Crippen molar-refractivity contribution in [1.29, 1.82) is 0 Å². The van der Waals surface area contributed by atoms with Gasteiger partial charge in [-0.1, -0.05) is 19.2 Å². The molecule has 1 aromatic rings. The van der Waals surface area contributed by atoms with Gasteiger partial charge >= 0.3 is 0 Å². The zero-order chi connectivity index (χ0) is 8.97. The van der Waals surface area contributed by atoms with E-state index in [9.17, 15) is 0 Å². The average molecular weight is 161 g/mol. The lowest BCUT2D eigenvalue weighted by atomic mass is 10.1. The van der Waals surface area contributed by atoms with Crippen molar-refractivity contribution in [3.8, 4) is 5.75 Å². The number of aromatic nitrogens is 1. The van der Waals surface area contributed by atoms with Crippen LogP contribution >= 0.6 is 0 Å². The van der Waals surface area contributed by atoms with Crippen LogP contribution in [0.25, 0.3) is 12.2 Å². The second-order valence-corrected chi connectivity index (χ2v) is 2.22. The highest BCUT2D eigenvalue weighted by Gasteiger charge is 2.02. The van der Waals surface area contributed by atoms with Crippen LogP contribution in [-0.2, 0) is 0 Å². The monoisotopic (exact) mass is 161 g/mol. The molecule has 0 radical (unpaired) electrons.